The number of carbonyl (C=O) groups is 1. The van der Waals surface area contributed by atoms with Gasteiger partial charge in [0.15, 0.2) is 0 Å². The van der Waals surface area contributed by atoms with Crippen molar-refractivity contribution >= 4 is 17.7 Å². The van der Waals surface area contributed by atoms with Crippen molar-refractivity contribution in [3.05, 3.63) is 70.3 Å². The predicted molar refractivity (Wildman–Crippen MR) is 92.8 cm³/mol. The zero-order chi connectivity index (χ0) is 17.9. The van der Waals surface area contributed by atoms with Crippen molar-refractivity contribution < 1.29 is 14.3 Å². The summed E-state index contributed by atoms with van der Waals surface area (Å²) in [5.74, 6) is -1.09. The Hall–Kier alpha value is -3.15. The third-order valence-electron chi connectivity index (χ3n) is 3.64. The maximum absolute atomic E-state index is 13.7. The van der Waals surface area contributed by atoms with E-state index in [1.54, 1.807) is 25.1 Å². The highest BCUT2D eigenvalue weighted by Gasteiger charge is 2.13. The van der Waals surface area contributed by atoms with Crippen molar-refractivity contribution in [3.63, 3.8) is 0 Å². The largest absolute Gasteiger partial charge is 0.508 e. The number of hydrogen-bond donors (Lipinski definition) is 3. The minimum atomic E-state index is -0.780. The number of aromatic hydroxyl groups is 1. The zero-order valence-electron chi connectivity index (χ0n) is 13.4. The maximum atomic E-state index is 13.7. The lowest BCUT2D eigenvalue weighted by atomic mass is 9.96. The number of nitrogens with zero attached hydrogens (tertiary/aromatic N) is 1. The number of amides is 1. The van der Waals surface area contributed by atoms with Gasteiger partial charge in [0.2, 0.25) is 0 Å². The Bertz CT molecular complexity index is 846. The van der Waals surface area contributed by atoms with Crippen molar-refractivity contribution in [2.24, 2.45) is 16.5 Å². The maximum Gasteiger partial charge on any atom is 0.268 e. The average molecular weight is 327 g/mol. The summed E-state index contributed by atoms with van der Waals surface area (Å²) in [4.78, 5) is 15.4. The molecule has 124 valence electrons. The molecule has 5 N–H and O–H groups in total. The number of halogens is 1. The summed E-state index contributed by atoms with van der Waals surface area (Å²) < 4.78 is 13.7. The third-order valence-corrected chi connectivity index (χ3v) is 3.64. The van der Waals surface area contributed by atoms with E-state index in [0.717, 1.165) is 17.3 Å². The lowest BCUT2D eigenvalue weighted by Gasteiger charge is -2.12. The molecular formula is C18H18FN3O2. The summed E-state index contributed by atoms with van der Waals surface area (Å²) in [7, 11) is 0. The molecule has 5 nitrogen and oxygen atoms in total. The number of nitrogens with two attached hydrogens (primary N) is 2. The van der Waals surface area contributed by atoms with E-state index in [-0.39, 0.29) is 11.4 Å². The van der Waals surface area contributed by atoms with Crippen molar-refractivity contribution in [2.75, 3.05) is 0 Å². The second kappa shape index (κ2) is 6.95. The van der Waals surface area contributed by atoms with Crippen molar-refractivity contribution in [1.82, 2.24) is 0 Å². The molecule has 6 heteroatoms. The van der Waals surface area contributed by atoms with Gasteiger partial charge in [0.1, 0.15) is 17.3 Å². The highest BCUT2D eigenvalue weighted by molar-refractivity contribution is 6.16. The molecule has 0 bridgehead atoms. The third kappa shape index (κ3) is 3.60. The van der Waals surface area contributed by atoms with E-state index >= 15 is 0 Å². The Morgan fingerprint density at radius 1 is 1.29 bits per heavy atom. The number of carbonyl (C=O) groups excluding carboxylic acids is 1. The second-order valence-electron chi connectivity index (χ2n) is 5.32. The number of rotatable bonds is 3. The van der Waals surface area contributed by atoms with Crippen molar-refractivity contribution in [1.29, 1.82) is 0 Å². The van der Waals surface area contributed by atoms with Gasteiger partial charge in [-0.05, 0) is 60.9 Å². The minimum absolute atomic E-state index is 0.124. The summed E-state index contributed by atoms with van der Waals surface area (Å²) in [5, 5.41) is 9.88. The quantitative estimate of drug-likeness (QED) is 0.743. The zero-order valence-corrected chi connectivity index (χ0v) is 13.4. The van der Waals surface area contributed by atoms with Crippen LogP contribution in [0.25, 0.3) is 6.08 Å². The molecule has 0 unspecified atom stereocenters. The number of hydrogen-bond acceptors (Lipinski definition) is 4. The van der Waals surface area contributed by atoms with Crippen molar-refractivity contribution in [3.8, 4) is 5.75 Å². The van der Waals surface area contributed by atoms with Crippen LogP contribution in [0.1, 0.15) is 16.7 Å². The summed E-state index contributed by atoms with van der Waals surface area (Å²) in [6.07, 6.45) is 6.65. The van der Waals surface area contributed by atoms with E-state index < -0.39 is 11.7 Å². The first-order chi connectivity index (χ1) is 11.3. The summed E-state index contributed by atoms with van der Waals surface area (Å²) in [6, 6.07) is 3.36. The van der Waals surface area contributed by atoms with E-state index in [1.165, 1.54) is 18.2 Å². The number of phenolic OH excluding ortho intramolecular Hbond substituents is 1. The van der Waals surface area contributed by atoms with Crippen LogP contribution in [0, 0.1) is 13.8 Å². The Morgan fingerprint density at radius 3 is 2.62 bits per heavy atom. The number of benzene rings is 1. The molecule has 0 spiro atoms. The topological polar surface area (TPSA) is 102 Å². The second-order valence-corrected chi connectivity index (χ2v) is 5.32. The number of allylic oxidation sites excluding steroid dienone is 5. The van der Waals surface area contributed by atoms with Crippen LogP contribution in [0.15, 0.2) is 58.7 Å². The molecule has 1 aliphatic rings. The number of phenols is 1. The number of aliphatic imine (C=N–C) groups is 1. The van der Waals surface area contributed by atoms with Gasteiger partial charge in [0.05, 0.1) is 5.71 Å². The first-order valence-electron chi connectivity index (χ1n) is 7.20. The van der Waals surface area contributed by atoms with E-state index in [1.807, 2.05) is 6.92 Å². The van der Waals surface area contributed by atoms with E-state index in [4.69, 9.17) is 11.5 Å². The average Bonchev–Trinajstić information content (AvgIpc) is 2.54. The van der Waals surface area contributed by atoms with Gasteiger partial charge < -0.3 is 16.6 Å². The first kappa shape index (κ1) is 17.2. The molecule has 0 fully saturated rings. The molecule has 1 aromatic carbocycles. The van der Waals surface area contributed by atoms with Gasteiger partial charge >= 0.3 is 0 Å². The molecule has 0 aromatic heterocycles. The summed E-state index contributed by atoms with van der Waals surface area (Å²) in [6.45, 7) is 3.64. The Morgan fingerprint density at radius 2 is 2.00 bits per heavy atom. The van der Waals surface area contributed by atoms with Crippen LogP contribution in [0.4, 0.5) is 4.39 Å². The normalized spacial score (nSPS) is 18.1. The van der Waals surface area contributed by atoms with Crippen molar-refractivity contribution in [2.45, 2.75) is 13.8 Å². The minimum Gasteiger partial charge on any atom is -0.508 e. The van der Waals surface area contributed by atoms with Crippen LogP contribution in [0.5, 0.6) is 5.75 Å². The van der Waals surface area contributed by atoms with E-state index in [9.17, 15) is 14.3 Å². The lowest BCUT2D eigenvalue weighted by Crippen LogP contribution is -2.16. The Balaban J connectivity index is 2.61. The fraction of sp³-hybridized carbons (Fsp3) is 0.111. The van der Waals surface area contributed by atoms with E-state index in [0.29, 0.717) is 16.8 Å². The van der Waals surface area contributed by atoms with Crippen LogP contribution >= 0.6 is 0 Å². The molecule has 0 aliphatic heterocycles. The van der Waals surface area contributed by atoms with Gasteiger partial charge in [0, 0.05) is 11.8 Å². The Kier molecular flexibility index (Phi) is 4.99. The van der Waals surface area contributed by atoms with Crippen LogP contribution in [0.2, 0.25) is 0 Å². The van der Waals surface area contributed by atoms with Gasteiger partial charge in [-0.3, -0.25) is 4.79 Å². The molecule has 1 aromatic rings. The summed E-state index contributed by atoms with van der Waals surface area (Å²) >= 11 is 0. The van der Waals surface area contributed by atoms with Gasteiger partial charge in [-0.1, -0.05) is 6.07 Å². The van der Waals surface area contributed by atoms with E-state index in [2.05, 4.69) is 4.99 Å². The van der Waals surface area contributed by atoms with Gasteiger partial charge in [-0.25, -0.2) is 9.38 Å². The predicted octanol–water partition coefficient (Wildman–Crippen LogP) is 2.54. The van der Waals surface area contributed by atoms with Crippen LogP contribution < -0.4 is 11.5 Å². The monoisotopic (exact) mass is 327 g/mol. The molecule has 1 amide bonds. The molecule has 24 heavy (non-hydrogen) atoms. The van der Waals surface area contributed by atoms with Gasteiger partial charge in [-0.15, -0.1) is 0 Å². The number of primary amides is 1. The first-order valence-corrected chi connectivity index (χ1v) is 7.20. The van der Waals surface area contributed by atoms with Crippen LogP contribution in [-0.4, -0.2) is 16.7 Å². The highest BCUT2D eigenvalue weighted by Crippen LogP contribution is 2.27. The van der Waals surface area contributed by atoms with Crippen LogP contribution in [-0.2, 0) is 4.79 Å². The van der Waals surface area contributed by atoms with Gasteiger partial charge in [-0.2, -0.15) is 0 Å². The molecule has 1 aliphatic carbocycles. The molecule has 0 atom stereocenters. The lowest BCUT2D eigenvalue weighted by molar-refractivity contribution is -0.114. The van der Waals surface area contributed by atoms with Crippen LogP contribution in [0.3, 0.4) is 0 Å². The number of aryl methyl sites for hydroxylation is 1. The highest BCUT2D eigenvalue weighted by atomic mass is 19.1. The molecule has 2 rings (SSSR count). The van der Waals surface area contributed by atoms with Gasteiger partial charge in [0.25, 0.3) is 5.91 Å². The molecule has 0 radical (unpaired) electrons. The summed E-state index contributed by atoms with van der Waals surface area (Å²) in [5.41, 5.74) is 13.5. The Labute approximate surface area is 139 Å². The molecule has 0 heterocycles. The smallest absolute Gasteiger partial charge is 0.268 e. The molecule has 0 saturated heterocycles. The molecule has 0 saturated carbocycles. The SMILES string of the molecule is Cc1ccc(O)c(C)c1\C=C1/C=C(F)C=C/C1=N\C(=C\N)C(N)=O. The molecular weight excluding hydrogens is 309 g/mol. The fourth-order valence-corrected chi connectivity index (χ4v) is 2.28. The fourth-order valence-electron chi connectivity index (χ4n) is 2.28. The standard InChI is InChI=1S/C18H18FN3O2/c1-10-3-6-17(23)11(2)14(10)8-12-7-13(19)4-5-15(12)22-16(9-20)18(21)24/h3-9,23H,20H2,1-2H3,(H2,21,24)/b12-8+,16-9+,22-15+.